The van der Waals surface area contributed by atoms with Gasteiger partial charge in [0.15, 0.2) is 0 Å². The lowest BCUT2D eigenvalue weighted by atomic mass is 10.4. The molecule has 0 aliphatic carbocycles. The number of hydrogen-bond acceptors (Lipinski definition) is 6. The largest absolute Gasteiger partial charge is 0.468 e. The van der Waals surface area contributed by atoms with E-state index in [0.717, 1.165) is 32.4 Å². The number of hydrogen-bond donors (Lipinski definition) is 0. The monoisotopic (exact) mass is 325 g/mol. The number of ether oxygens (including phenoxy) is 1. The third-order valence-corrected chi connectivity index (χ3v) is 4.99. The first-order chi connectivity index (χ1) is 9.09. The zero-order chi connectivity index (χ0) is 15.6. The minimum Gasteiger partial charge on any atom is -0.468 e. The lowest BCUT2D eigenvalue weighted by molar-refractivity contribution is -0.140. The molecule has 0 spiro atoms. The van der Waals surface area contributed by atoms with Crippen molar-refractivity contribution in [2.24, 2.45) is 0 Å². The molecular formula is C10H12FNO6S2. The Hall–Kier alpha value is -1.52. The first-order valence-electron chi connectivity index (χ1n) is 5.17. The van der Waals surface area contributed by atoms with Crippen molar-refractivity contribution in [3.8, 4) is 0 Å². The maximum atomic E-state index is 12.8. The molecule has 0 aliphatic heterocycles. The van der Waals surface area contributed by atoms with Crippen molar-refractivity contribution in [2.75, 3.05) is 20.7 Å². The molecule has 0 heterocycles. The van der Waals surface area contributed by atoms with Crippen molar-refractivity contribution in [1.82, 2.24) is 4.31 Å². The van der Waals surface area contributed by atoms with Crippen molar-refractivity contribution in [3.63, 3.8) is 0 Å². The third kappa shape index (κ3) is 3.74. The summed E-state index contributed by atoms with van der Waals surface area (Å²) >= 11 is 0. The van der Waals surface area contributed by atoms with E-state index in [0.29, 0.717) is 10.4 Å². The van der Waals surface area contributed by atoms with Gasteiger partial charge in [-0.1, -0.05) is 6.07 Å². The Bertz CT molecular complexity index is 713. The molecule has 0 atom stereocenters. The number of nitrogens with zero attached hydrogens (tertiary/aromatic N) is 1. The van der Waals surface area contributed by atoms with Gasteiger partial charge in [-0.2, -0.15) is 12.7 Å². The average molecular weight is 325 g/mol. The van der Waals surface area contributed by atoms with Crippen LogP contribution in [0.4, 0.5) is 3.89 Å². The first-order valence-corrected chi connectivity index (χ1v) is 7.99. The Morgan fingerprint density at radius 2 is 1.80 bits per heavy atom. The number of methoxy groups -OCH3 is 1. The van der Waals surface area contributed by atoms with E-state index in [1.165, 1.54) is 0 Å². The highest BCUT2D eigenvalue weighted by atomic mass is 32.3. The molecule has 0 bridgehead atoms. The van der Waals surface area contributed by atoms with Gasteiger partial charge in [-0.25, -0.2) is 8.42 Å². The van der Waals surface area contributed by atoms with Crippen LogP contribution in [-0.2, 0) is 29.8 Å². The van der Waals surface area contributed by atoms with Gasteiger partial charge in [0.1, 0.15) is 6.54 Å². The molecule has 0 amide bonds. The molecule has 0 N–H and O–H groups in total. The van der Waals surface area contributed by atoms with Crippen LogP contribution in [0.15, 0.2) is 34.1 Å². The lowest BCUT2D eigenvalue weighted by Gasteiger charge is -2.15. The summed E-state index contributed by atoms with van der Waals surface area (Å²) in [5.41, 5.74) is 0. The summed E-state index contributed by atoms with van der Waals surface area (Å²) in [5, 5.41) is 0. The Labute approximate surface area is 116 Å². The molecule has 1 aromatic carbocycles. The number of carbonyl (C=O) groups is 1. The molecule has 0 radical (unpaired) electrons. The summed E-state index contributed by atoms with van der Waals surface area (Å²) in [7, 11) is -6.93. The van der Waals surface area contributed by atoms with Crippen molar-refractivity contribution in [3.05, 3.63) is 24.3 Å². The van der Waals surface area contributed by atoms with Gasteiger partial charge in [-0.15, -0.1) is 3.89 Å². The fraction of sp³-hybridized carbons (Fsp3) is 0.300. The van der Waals surface area contributed by atoms with Crippen LogP contribution in [0.1, 0.15) is 0 Å². The number of sulfonamides is 1. The highest BCUT2D eigenvalue weighted by Crippen LogP contribution is 2.20. The van der Waals surface area contributed by atoms with Gasteiger partial charge in [0.05, 0.1) is 16.9 Å². The summed E-state index contributed by atoms with van der Waals surface area (Å²) in [6, 6.07) is 3.79. The van der Waals surface area contributed by atoms with Crippen LogP contribution >= 0.6 is 0 Å². The number of benzene rings is 1. The van der Waals surface area contributed by atoms with Crippen LogP contribution in [0.5, 0.6) is 0 Å². The number of halogens is 1. The van der Waals surface area contributed by atoms with Gasteiger partial charge in [-0.3, -0.25) is 4.79 Å². The SMILES string of the molecule is COC(=O)CN(C)S(=O)(=O)c1cccc(S(=O)(=O)F)c1. The standard InChI is InChI=1S/C10H12FNO6S2/c1-12(7-10(13)18-2)20(16,17)9-5-3-4-8(6-9)19(11,14)15/h3-6H,7H2,1-2H3. The zero-order valence-corrected chi connectivity index (χ0v) is 12.2. The van der Waals surface area contributed by atoms with Gasteiger partial charge in [0.25, 0.3) is 0 Å². The molecule has 1 aromatic rings. The van der Waals surface area contributed by atoms with Crippen LogP contribution < -0.4 is 0 Å². The number of likely N-dealkylation sites (N-methyl/N-ethyl adjacent to an activating group) is 1. The number of rotatable bonds is 5. The molecular weight excluding hydrogens is 313 g/mol. The average Bonchev–Trinajstić information content (AvgIpc) is 2.37. The Kier molecular flexibility index (Phi) is 4.84. The lowest BCUT2D eigenvalue weighted by Crippen LogP contribution is -2.32. The molecule has 20 heavy (non-hydrogen) atoms. The fourth-order valence-corrected chi connectivity index (χ4v) is 3.04. The Morgan fingerprint density at radius 3 is 2.30 bits per heavy atom. The number of esters is 1. The van der Waals surface area contributed by atoms with E-state index >= 15 is 0 Å². The summed E-state index contributed by atoms with van der Waals surface area (Å²) < 4.78 is 63.5. The van der Waals surface area contributed by atoms with E-state index in [9.17, 15) is 25.5 Å². The van der Waals surface area contributed by atoms with Crippen LogP contribution in [0, 0.1) is 0 Å². The van der Waals surface area contributed by atoms with E-state index in [4.69, 9.17) is 0 Å². The van der Waals surface area contributed by atoms with Gasteiger partial charge in [-0.05, 0) is 18.2 Å². The van der Waals surface area contributed by atoms with Gasteiger partial charge >= 0.3 is 16.2 Å². The van der Waals surface area contributed by atoms with Crippen molar-refractivity contribution in [1.29, 1.82) is 0 Å². The summed E-state index contributed by atoms with van der Waals surface area (Å²) in [6.45, 7) is -0.550. The van der Waals surface area contributed by atoms with E-state index < -0.39 is 42.6 Å². The fourth-order valence-electron chi connectivity index (χ4n) is 1.30. The highest BCUT2D eigenvalue weighted by molar-refractivity contribution is 7.89. The molecule has 0 saturated heterocycles. The maximum absolute atomic E-state index is 12.8. The van der Waals surface area contributed by atoms with E-state index in [1.54, 1.807) is 0 Å². The molecule has 1 rings (SSSR count). The molecule has 112 valence electrons. The van der Waals surface area contributed by atoms with Gasteiger partial charge < -0.3 is 4.74 Å². The Morgan fingerprint density at radius 1 is 1.25 bits per heavy atom. The predicted octanol–water partition coefficient (Wildman–Crippen LogP) is 0.138. The minimum absolute atomic E-state index is 0.442. The molecule has 10 heteroatoms. The Balaban J connectivity index is 3.20. The zero-order valence-electron chi connectivity index (χ0n) is 10.6. The quantitative estimate of drug-likeness (QED) is 0.564. The molecule has 0 aromatic heterocycles. The molecule has 0 aliphatic rings. The van der Waals surface area contributed by atoms with Crippen molar-refractivity contribution < 1.29 is 30.3 Å². The van der Waals surface area contributed by atoms with Crippen LogP contribution in [0.2, 0.25) is 0 Å². The van der Waals surface area contributed by atoms with Gasteiger partial charge in [0, 0.05) is 7.05 Å². The molecule has 0 unspecified atom stereocenters. The molecule has 0 fully saturated rings. The van der Waals surface area contributed by atoms with E-state index in [-0.39, 0.29) is 0 Å². The van der Waals surface area contributed by atoms with Crippen LogP contribution in [0.3, 0.4) is 0 Å². The second-order valence-corrected chi connectivity index (χ2v) is 7.14. The highest BCUT2D eigenvalue weighted by Gasteiger charge is 2.25. The molecule has 7 nitrogen and oxygen atoms in total. The second-order valence-electron chi connectivity index (χ2n) is 3.75. The summed E-state index contributed by atoms with van der Waals surface area (Å²) in [6.07, 6.45) is 0. The first kappa shape index (κ1) is 16.5. The smallest absolute Gasteiger partial charge is 0.332 e. The number of carbonyl (C=O) groups excluding carboxylic acids is 1. The third-order valence-electron chi connectivity index (χ3n) is 2.37. The van der Waals surface area contributed by atoms with E-state index in [1.807, 2.05) is 0 Å². The van der Waals surface area contributed by atoms with Crippen LogP contribution in [-0.4, -0.2) is 47.8 Å². The summed E-state index contributed by atoms with van der Waals surface area (Å²) in [5.74, 6) is -0.787. The minimum atomic E-state index is -5.01. The van der Waals surface area contributed by atoms with Crippen molar-refractivity contribution >= 4 is 26.2 Å². The summed E-state index contributed by atoms with van der Waals surface area (Å²) in [4.78, 5) is 9.83. The van der Waals surface area contributed by atoms with Crippen LogP contribution in [0.25, 0.3) is 0 Å². The van der Waals surface area contributed by atoms with E-state index in [2.05, 4.69) is 4.74 Å². The van der Waals surface area contributed by atoms with Crippen molar-refractivity contribution in [2.45, 2.75) is 9.79 Å². The topological polar surface area (TPSA) is 97.8 Å². The second kappa shape index (κ2) is 5.85. The molecule has 0 saturated carbocycles. The predicted molar refractivity (Wildman–Crippen MR) is 66.6 cm³/mol. The normalized spacial score (nSPS) is 12.4. The maximum Gasteiger partial charge on any atom is 0.332 e. The van der Waals surface area contributed by atoms with Gasteiger partial charge in [0.2, 0.25) is 10.0 Å².